The Balaban J connectivity index is 2.10. The minimum absolute atomic E-state index is 0.0325. The molecule has 0 aromatic carbocycles. The molecule has 0 amide bonds. The van der Waals surface area contributed by atoms with Gasteiger partial charge in [-0.2, -0.15) is 0 Å². The minimum Gasteiger partial charge on any atom is -0.469 e. The molecule has 0 aromatic rings. The van der Waals surface area contributed by atoms with Crippen LogP contribution in [-0.2, 0) is 9.53 Å². The number of methoxy groups -OCH3 is 1. The van der Waals surface area contributed by atoms with E-state index in [4.69, 9.17) is 4.74 Å². The number of esters is 1. The van der Waals surface area contributed by atoms with Gasteiger partial charge >= 0.3 is 5.97 Å². The molecule has 0 aromatic heterocycles. The second kappa shape index (κ2) is 2.47. The lowest BCUT2D eigenvalue weighted by atomic mass is 9.52. The molecule has 2 saturated heterocycles. The molecule has 74 valence electrons. The molecule has 3 rings (SSSR count). The van der Waals surface area contributed by atoms with Crippen LogP contribution in [0.2, 0.25) is 0 Å². The molecule has 3 nitrogen and oxygen atoms in total. The Kier molecular flexibility index (Phi) is 1.71. The van der Waals surface area contributed by atoms with Crippen LogP contribution in [-0.4, -0.2) is 25.2 Å². The third-order valence-electron chi connectivity index (χ3n) is 4.21. The van der Waals surface area contributed by atoms with Crippen LogP contribution >= 0.6 is 0 Å². The van der Waals surface area contributed by atoms with Gasteiger partial charge in [-0.05, 0) is 24.3 Å². The maximum absolute atomic E-state index is 11.2. The van der Waals surface area contributed by atoms with Crippen LogP contribution in [0, 0.1) is 11.3 Å². The Morgan fingerprint density at radius 1 is 1.62 bits per heavy atom. The van der Waals surface area contributed by atoms with Gasteiger partial charge in [0.05, 0.1) is 13.5 Å². The summed E-state index contributed by atoms with van der Waals surface area (Å²) in [5.74, 6) is 0.651. The van der Waals surface area contributed by atoms with Crippen molar-refractivity contribution in [2.75, 3.05) is 13.7 Å². The second-order valence-corrected chi connectivity index (χ2v) is 4.84. The molecule has 2 bridgehead atoms. The first-order chi connectivity index (χ1) is 6.02. The van der Waals surface area contributed by atoms with Crippen molar-refractivity contribution in [2.24, 2.45) is 11.3 Å². The molecule has 2 aliphatic heterocycles. The van der Waals surface area contributed by atoms with E-state index in [2.05, 4.69) is 19.2 Å². The van der Waals surface area contributed by atoms with Crippen molar-refractivity contribution in [3.05, 3.63) is 0 Å². The van der Waals surface area contributed by atoms with Crippen LogP contribution in [0.1, 0.15) is 26.7 Å². The van der Waals surface area contributed by atoms with Crippen LogP contribution in [0.25, 0.3) is 0 Å². The molecule has 0 unspecified atom stereocenters. The van der Waals surface area contributed by atoms with Crippen molar-refractivity contribution in [3.8, 4) is 0 Å². The van der Waals surface area contributed by atoms with Crippen molar-refractivity contribution in [1.29, 1.82) is 0 Å². The van der Waals surface area contributed by atoms with Gasteiger partial charge in [-0.3, -0.25) is 4.79 Å². The van der Waals surface area contributed by atoms with E-state index in [-0.39, 0.29) is 16.9 Å². The molecule has 0 spiro atoms. The van der Waals surface area contributed by atoms with E-state index in [0.29, 0.717) is 6.42 Å². The van der Waals surface area contributed by atoms with E-state index < -0.39 is 0 Å². The average molecular weight is 183 g/mol. The summed E-state index contributed by atoms with van der Waals surface area (Å²) in [6, 6.07) is 0. The van der Waals surface area contributed by atoms with Gasteiger partial charge in [0, 0.05) is 5.54 Å². The molecular weight excluding hydrogens is 166 g/mol. The summed E-state index contributed by atoms with van der Waals surface area (Å²) in [6.07, 6.45) is 1.65. The maximum atomic E-state index is 11.2. The molecule has 1 N–H and O–H groups in total. The number of rotatable bonds is 2. The molecule has 0 radical (unpaired) electrons. The van der Waals surface area contributed by atoms with E-state index in [1.807, 2.05) is 0 Å². The fourth-order valence-electron chi connectivity index (χ4n) is 2.83. The summed E-state index contributed by atoms with van der Waals surface area (Å²) in [6.45, 7) is 5.54. The standard InChI is InChI=1S/C10H17NO2/c1-9(2)7-4-10(9,11-6-7)5-8(12)13-3/h7,11H,4-6H2,1-3H3/t7-,10-/m1/s1. The highest BCUT2D eigenvalue weighted by atomic mass is 16.5. The summed E-state index contributed by atoms with van der Waals surface area (Å²) < 4.78 is 4.72. The van der Waals surface area contributed by atoms with Gasteiger partial charge in [0.1, 0.15) is 0 Å². The molecule has 3 fully saturated rings. The van der Waals surface area contributed by atoms with Crippen LogP contribution in [0.4, 0.5) is 0 Å². The van der Waals surface area contributed by atoms with Gasteiger partial charge in [0.2, 0.25) is 0 Å². The van der Waals surface area contributed by atoms with Gasteiger partial charge < -0.3 is 10.1 Å². The highest BCUT2D eigenvalue weighted by Gasteiger charge is 2.65. The van der Waals surface area contributed by atoms with Gasteiger partial charge in [-0.15, -0.1) is 0 Å². The molecule has 3 heteroatoms. The van der Waals surface area contributed by atoms with E-state index in [1.54, 1.807) is 0 Å². The summed E-state index contributed by atoms with van der Waals surface area (Å²) in [5, 5.41) is 3.46. The van der Waals surface area contributed by atoms with E-state index >= 15 is 0 Å². The minimum atomic E-state index is -0.0964. The zero-order valence-electron chi connectivity index (χ0n) is 8.52. The number of carbonyl (C=O) groups is 1. The van der Waals surface area contributed by atoms with Gasteiger partial charge in [-0.1, -0.05) is 13.8 Å². The maximum Gasteiger partial charge on any atom is 0.307 e. The molecule has 1 aliphatic carbocycles. The quantitative estimate of drug-likeness (QED) is 0.647. The lowest BCUT2D eigenvalue weighted by molar-refractivity contribution is -0.146. The Morgan fingerprint density at radius 2 is 2.31 bits per heavy atom. The number of nitrogens with one attached hydrogen (secondary N) is 1. The monoisotopic (exact) mass is 183 g/mol. The highest BCUT2D eigenvalue weighted by Crippen LogP contribution is 2.60. The molecular formula is C10H17NO2. The van der Waals surface area contributed by atoms with Crippen LogP contribution in [0.3, 0.4) is 0 Å². The summed E-state index contributed by atoms with van der Waals surface area (Å²) in [5.41, 5.74) is 0.298. The summed E-state index contributed by atoms with van der Waals surface area (Å²) in [7, 11) is 1.46. The van der Waals surface area contributed by atoms with Crippen molar-refractivity contribution >= 4 is 5.97 Å². The Hall–Kier alpha value is -0.570. The van der Waals surface area contributed by atoms with Crippen molar-refractivity contribution < 1.29 is 9.53 Å². The average Bonchev–Trinajstić information content (AvgIpc) is 2.60. The first-order valence-electron chi connectivity index (χ1n) is 4.84. The summed E-state index contributed by atoms with van der Waals surface area (Å²) in [4.78, 5) is 11.2. The predicted octanol–water partition coefficient (Wildman–Crippen LogP) is 0.938. The Bertz CT molecular complexity index is 245. The molecule has 3 aliphatic rings. The second-order valence-electron chi connectivity index (χ2n) is 4.84. The van der Waals surface area contributed by atoms with Gasteiger partial charge in [-0.25, -0.2) is 0 Å². The third-order valence-corrected chi connectivity index (χ3v) is 4.21. The SMILES string of the molecule is COC(=O)C[C@@]12C[C@H](CN1)C2(C)C. The van der Waals surface area contributed by atoms with Crippen molar-refractivity contribution in [2.45, 2.75) is 32.2 Å². The predicted molar refractivity (Wildman–Crippen MR) is 49.3 cm³/mol. The first-order valence-corrected chi connectivity index (χ1v) is 4.84. The van der Waals surface area contributed by atoms with Crippen molar-refractivity contribution in [3.63, 3.8) is 0 Å². The molecule has 13 heavy (non-hydrogen) atoms. The normalized spacial score (nSPS) is 39.8. The van der Waals surface area contributed by atoms with Crippen molar-refractivity contribution in [1.82, 2.24) is 5.32 Å². The molecule has 2 atom stereocenters. The van der Waals surface area contributed by atoms with E-state index in [1.165, 1.54) is 7.11 Å². The number of hydrogen-bond donors (Lipinski definition) is 1. The topological polar surface area (TPSA) is 38.3 Å². The zero-order chi connectivity index (χ0) is 9.69. The fourth-order valence-corrected chi connectivity index (χ4v) is 2.83. The van der Waals surface area contributed by atoms with Crippen LogP contribution < -0.4 is 5.32 Å². The van der Waals surface area contributed by atoms with Gasteiger partial charge in [0.25, 0.3) is 0 Å². The number of ether oxygens (including phenoxy) is 1. The Morgan fingerprint density at radius 3 is 2.69 bits per heavy atom. The largest absolute Gasteiger partial charge is 0.469 e. The first kappa shape index (κ1) is 9.00. The molecule has 1 saturated carbocycles. The van der Waals surface area contributed by atoms with E-state index in [0.717, 1.165) is 18.9 Å². The lowest BCUT2D eigenvalue weighted by Crippen LogP contribution is -2.59. The fraction of sp³-hybridized carbons (Fsp3) is 0.900. The van der Waals surface area contributed by atoms with Crippen LogP contribution in [0.15, 0.2) is 0 Å². The summed E-state index contributed by atoms with van der Waals surface area (Å²) >= 11 is 0. The number of carbonyl (C=O) groups excluding carboxylic acids is 1. The zero-order valence-corrected chi connectivity index (χ0v) is 8.52. The van der Waals surface area contributed by atoms with E-state index in [9.17, 15) is 4.79 Å². The number of fused-ring (bicyclic) bond motifs is 1. The highest BCUT2D eigenvalue weighted by molar-refractivity contribution is 5.71. The number of hydrogen-bond acceptors (Lipinski definition) is 3. The van der Waals surface area contributed by atoms with Crippen LogP contribution in [0.5, 0.6) is 0 Å². The van der Waals surface area contributed by atoms with Gasteiger partial charge in [0.15, 0.2) is 0 Å². The smallest absolute Gasteiger partial charge is 0.307 e. The Labute approximate surface area is 78.8 Å². The lowest BCUT2D eigenvalue weighted by Gasteiger charge is -2.53. The molecule has 2 heterocycles. The third kappa shape index (κ3) is 0.966.